The van der Waals surface area contributed by atoms with Crippen molar-refractivity contribution in [1.29, 1.82) is 10.8 Å². The SMILES string of the molecule is N=C(CNC(=O)N(C[C@H](O)C(F)(F)F)C(=N)c1ccc(Cl)cc1)C1=CCNCC1. The highest BCUT2D eigenvalue weighted by Gasteiger charge is 2.41. The van der Waals surface area contributed by atoms with Gasteiger partial charge in [-0.15, -0.1) is 0 Å². The summed E-state index contributed by atoms with van der Waals surface area (Å²) in [6, 6.07) is 4.61. The van der Waals surface area contributed by atoms with Gasteiger partial charge in [0.05, 0.1) is 18.8 Å². The molecule has 1 aliphatic rings. The Morgan fingerprint density at radius 3 is 2.52 bits per heavy atom. The summed E-state index contributed by atoms with van der Waals surface area (Å²) >= 11 is 5.78. The molecule has 158 valence electrons. The van der Waals surface area contributed by atoms with Crippen LogP contribution in [-0.2, 0) is 0 Å². The lowest BCUT2D eigenvalue weighted by molar-refractivity contribution is -0.204. The first kappa shape index (κ1) is 22.9. The Morgan fingerprint density at radius 2 is 1.97 bits per heavy atom. The number of nitrogens with zero attached hydrogens (tertiary/aromatic N) is 1. The molecule has 1 aliphatic heterocycles. The largest absolute Gasteiger partial charge is 0.416 e. The standard InChI is InChI=1S/C18H21ClF3N5O2/c19-13-3-1-12(2-4-13)16(24)27(10-15(28)18(20,21)22)17(29)26-9-14(23)11-5-7-25-8-6-11/h1-5,15,23-25,28H,6-10H2,(H,26,29)/t15-/m0/s1. The molecular formula is C18H21ClF3N5O2. The maximum atomic E-state index is 12.8. The quantitative estimate of drug-likeness (QED) is 0.352. The van der Waals surface area contributed by atoms with Crippen molar-refractivity contribution in [3.63, 3.8) is 0 Å². The number of carbonyl (C=O) groups excluding carboxylic acids is 1. The number of amides is 2. The predicted molar refractivity (Wildman–Crippen MR) is 104 cm³/mol. The van der Waals surface area contributed by atoms with Gasteiger partial charge in [0.2, 0.25) is 0 Å². The lowest BCUT2D eigenvalue weighted by Gasteiger charge is -2.27. The smallest absolute Gasteiger partial charge is 0.382 e. The zero-order valence-corrected chi connectivity index (χ0v) is 16.1. The summed E-state index contributed by atoms with van der Waals surface area (Å²) in [7, 11) is 0. The van der Waals surface area contributed by atoms with Crippen molar-refractivity contribution in [2.24, 2.45) is 0 Å². The van der Waals surface area contributed by atoms with Gasteiger partial charge in [-0.25, -0.2) is 4.79 Å². The summed E-state index contributed by atoms with van der Waals surface area (Å²) < 4.78 is 38.4. The van der Waals surface area contributed by atoms with Gasteiger partial charge in [-0.1, -0.05) is 17.7 Å². The highest BCUT2D eigenvalue weighted by Crippen LogP contribution is 2.22. The first-order valence-electron chi connectivity index (χ1n) is 8.71. The van der Waals surface area contributed by atoms with E-state index < -0.39 is 30.7 Å². The number of aliphatic hydroxyl groups excluding tert-OH is 1. The zero-order chi connectivity index (χ0) is 21.6. The van der Waals surface area contributed by atoms with E-state index in [1.165, 1.54) is 24.3 Å². The first-order chi connectivity index (χ1) is 13.6. The van der Waals surface area contributed by atoms with E-state index in [2.05, 4.69) is 10.6 Å². The molecule has 0 spiro atoms. The normalized spacial score (nSPS) is 15.3. The number of benzene rings is 1. The summed E-state index contributed by atoms with van der Waals surface area (Å²) in [5.74, 6) is -0.532. The van der Waals surface area contributed by atoms with Crippen LogP contribution in [0.2, 0.25) is 5.02 Å². The van der Waals surface area contributed by atoms with Crippen molar-refractivity contribution in [3.8, 4) is 0 Å². The Kier molecular flexibility index (Phi) is 7.77. The van der Waals surface area contributed by atoms with Gasteiger partial charge in [0.25, 0.3) is 0 Å². The van der Waals surface area contributed by atoms with Crippen LogP contribution in [0.15, 0.2) is 35.9 Å². The minimum atomic E-state index is -4.95. The molecule has 0 saturated carbocycles. The van der Waals surface area contributed by atoms with E-state index in [1.54, 1.807) is 6.08 Å². The summed E-state index contributed by atoms with van der Waals surface area (Å²) in [5, 5.41) is 31.4. The maximum absolute atomic E-state index is 12.8. The van der Waals surface area contributed by atoms with Crippen LogP contribution in [0, 0.1) is 10.8 Å². The van der Waals surface area contributed by atoms with Crippen molar-refractivity contribution in [2.45, 2.75) is 18.7 Å². The van der Waals surface area contributed by atoms with E-state index in [0.717, 1.165) is 5.57 Å². The molecular weight excluding hydrogens is 411 g/mol. The first-order valence-corrected chi connectivity index (χ1v) is 9.09. The lowest BCUT2D eigenvalue weighted by Crippen LogP contribution is -2.51. The summed E-state index contributed by atoms with van der Waals surface area (Å²) in [6.07, 6.45) is -5.37. The number of hydrogen-bond acceptors (Lipinski definition) is 5. The number of carbonyl (C=O) groups is 1. The van der Waals surface area contributed by atoms with E-state index in [0.29, 0.717) is 29.4 Å². The van der Waals surface area contributed by atoms with Gasteiger partial charge in [0.1, 0.15) is 5.84 Å². The third-order valence-corrected chi connectivity index (χ3v) is 4.49. The van der Waals surface area contributed by atoms with Crippen LogP contribution in [0.4, 0.5) is 18.0 Å². The number of hydrogen-bond donors (Lipinski definition) is 5. The number of nitrogens with one attached hydrogen (secondary N) is 4. The fourth-order valence-corrected chi connectivity index (χ4v) is 2.71. The second-order valence-corrected chi connectivity index (χ2v) is 6.78. The van der Waals surface area contributed by atoms with Gasteiger partial charge in [-0.3, -0.25) is 10.3 Å². The highest BCUT2D eigenvalue weighted by atomic mass is 35.5. The third kappa shape index (κ3) is 6.55. The van der Waals surface area contributed by atoms with Crippen LogP contribution in [0.1, 0.15) is 12.0 Å². The molecule has 0 unspecified atom stereocenters. The molecule has 1 aromatic rings. The van der Waals surface area contributed by atoms with Crippen LogP contribution in [0.25, 0.3) is 0 Å². The minimum Gasteiger partial charge on any atom is -0.382 e. The van der Waals surface area contributed by atoms with E-state index in [4.69, 9.17) is 22.4 Å². The van der Waals surface area contributed by atoms with Gasteiger partial charge in [-0.05, 0) is 42.8 Å². The summed E-state index contributed by atoms with van der Waals surface area (Å²) in [5.41, 5.74) is 1.02. The Hall–Kier alpha value is -2.43. The average molecular weight is 432 g/mol. The molecule has 11 heteroatoms. The van der Waals surface area contributed by atoms with Crippen molar-refractivity contribution in [3.05, 3.63) is 46.5 Å². The lowest BCUT2D eigenvalue weighted by atomic mass is 10.0. The molecule has 7 nitrogen and oxygen atoms in total. The third-order valence-electron chi connectivity index (χ3n) is 4.23. The maximum Gasteiger partial charge on any atom is 0.416 e. The molecule has 1 atom stereocenters. The van der Waals surface area contributed by atoms with Crippen LogP contribution < -0.4 is 10.6 Å². The van der Waals surface area contributed by atoms with E-state index >= 15 is 0 Å². The number of urea groups is 1. The molecule has 0 aromatic heterocycles. The zero-order valence-electron chi connectivity index (χ0n) is 15.3. The molecule has 1 heterocycles. The molecule has 1 aromatic carbocycles. The average Bonchev–Trinajstić information content (AvgIpc) is 2.69. The van der Waals surface area contributed by atoms with E-state index in [1.807, 2.05) is 0 Å². The van der Waals surface area contributed by atoms with Gasteiger partial charge in [0, 0.05) is 17.1 Å². The van der Waals surface area contributed by atoms with Crippen LogP contribution in [0.3, 0.4) is 0 Å². The summed E-state index contributed by atoms with van der Waals surface area (Å²) in [6.45, 7) is -0.0854. The number of amidine groups is 1. The van der Waals surface area contributed by atoms with E-state index in [-0.39, 0.29) is 17.8 Å². The second kappa shape index (κ2) is 9.86. The number of rotatable bonds is 6. The molecule has 2 amide bonds. The van der Waals surface area contributed by atoms with Crippen LogP contribution >= 0.6 is 11.6 Å². The molecule has 29 heavy (non-hydrogen) atoms. The Morgan fingerprint density at radius 1 is 1.31 bits per heavy atom. The monoisotopic (exact) mass is 431 g/mol. The van der Waals surface area contributed by atoms with Crippen molar-refractivity contribution < 1.29 is 23.1 Å². The topological polar surface area (TPSA) is 112 Å². The van der Waals surface area contributed by atoms with Crippen molar-refractivity contribution >= 4 is 29.2 Å². The number of aliphatic hydroxyl groups is 1. The number of alkyl halides is 3. The Balaban J connectivity index is 2.13. The molecule has 5 N–H and O–H groups in total. The fraction of sp³-hybridized carbons (Fsp3) is 0.389. The second-order valence-electron chi connectivity index (χ2n) is 6.34. The highest BCUT2D eigenvalue weighted by molar-refractivity contribution is 6.30. The summed E-state index contributed by atoms with van der Waals surface area (Å²) in [4.78, 5) is 13.0. The fourth-order valence-electron chi connectivity index (χ4n) is 2.59. The molecule has 0 aliphatic carbocycles. The molecule has 0 bridgehead atoms. The van der Waals surface area contributed by atoms with Gasteiger partial charge in [0.15, 0.2) is 6.10 Å². The van der Waals surface area contributed by atoms with Crippen LogP contribution in [0.5, 0.6) is 0 Å². The Labute approximate surface area is 170 Å². The van der Waals surface area contributed by atoms with Gasteiger partial charge >= 0.3 is 12.2 Å². The van der Waals surface area contributed by atoms with Gasteiger partial charge < -0.3 is 21.1 Å². The molecule has 2 rings (SSSR count). The Bertz CT molecular complexity index is 796. The molecule has 0 saturated heterocycles. The van der Waals surface area contributed by atoms with Crippen molar-refractivity contribution in [1.82, 2.24) is 15.5 Å². The van der Waals surface area contributed by atoms with Crippen molar-refractivity contribution in [2.75, 3.05) is 26.2 Å². The minimum absolute atomic E-state index is 0.134. The van der Waals surface area contributed by atoms with Crippen LogP contribution in [-0.4, -0.2) is 66.0 Å². The predicted octanol–water partition coefficient (Wildman–Crippen LogP) is 2.54. The van der Waals surface area contributed by atoms with E-state index in [9.17, 15) is 23.1 Å². The van der Waals surface area contributed by atoms with Gasteiger partial charge in [-0.2, -0.15) is 13.2 Å². The molecule has 0 radical (unpaired) electrons. The molecule has 0 fully saturated rings. The number of halogens is 4.